The van der Waals surface area contributed by atoms with Gasteiger partial charge in [0.2, 0.25) is 5.91 Å². The number of hydrogen-bond donors (Lipinski definition) is 0. The van der Waals surface area contributed by atoms with Crippen LogP contribution in [-0.2, 0) is 20.7 Å². The molecule has 1 amide bonds. The molecular weight excluding hydrogens is 426 g/mol. The molecule has 2 atom stereocenters. The number of amides is 1. The van der Waals surface area contributed by atoms with Crippen molar-refractivity contribution in [3.63, 3.8) is 0 Å². The number of pyridine rings is 1. The molecule has 3 heterocycles. The van der Waals surface area contributed by atoms with Gasteiger partial charge >= 0.3 is 5.97 Å². The quantitative estimate of drug-likeness (QED) is 0.535. The Morgan fingerprint density at radius 2 is 1.91 bits per heavy atom. The van der Waals surface area contributed by atoms with E-state index in [2.05, 4.69) is 29.2 Å². The van der Waals surface area contributed by atoms with E-state index in [1.807, 2.05) is 35.4 Å². The lowest BCUT2D eigenvalue weighted by Gasteiger charge is -2.39. The van der Waals surface area contributed by atoms with Crippen molar-refractivity contribution in [2.75, 3.05) is 24.6 Å². The van der Waals surface area contributed by atoms with Crippen LogP contribution in [0, 0.1) is 0 Å². The number of ether oxygens (including phenoxy) is 1. The van der Waals surface area contributed by atoms with Crippen LogP contribution in [0.3, 0.4) is 0 Å². The van der Waals surface area contributed by atoms with Crippen LogP contribution in [0.2, 0.25) is 0 Å². The Morgan fingerprint density at radius 3 is 2.74 bits per heavy atom. The summed E-state index contributed by atoms with van der Waals surface area (Å²) in [5, 5.41) is 2.59. The first kappa shape index (κ1) is 21.3. The highest BCUT2D eigenvalue weighted by Gasteiger charge is 2.43. The second kappa shape index (κ2) is 8.51. The van der Waals surface area contributed by atoms with Crippen molar-refractivity contribution in [2.24, 2.45) is 0 Å². The zero-order chi connectivity index (χ0) is 23.2. The van der Waals surface area contributed by atoms with Gasteiger partial charge in [0.05, 0.1) is 30.7 Å². The van der Waals surface area contributed by atoms with Gasteiger partial charge in [0.25, 0.3) is 0 Å². The van der Waals surface area contributed by atoms with Gasteiger partial charge in [0, 0.05) is 36.4 Å². The lowest BCUT2D eigenvalue weighted by molar-refractivity contribution is -0.144. The Kier molecular flexibility index (Phi) is 5.33. The maximum absolute atomic E-state index is 13.5. The summed E-state index contributed by atoms with van der Waals surface area (Å²) in [6.07, 6.45) is 4.86. The molecule has 34 heavy (non-hydrogen) atoms. The second-order valence-corrected chi connectivity index (χ2v) is 9.53. The van der Waals surface area contributed by atoms with Gasteiger partial charge in [-0.2, -0.15) is 0 Å². The fourth-order valence-corrected chi connectivity index (χ4v) is 6.20. The summed E-state index contributed by atoms with van der Waals surface area (Å²) < 4.78 is 5.15. The van der Waals surface area contributed by atoms with E-state index in [-0.39, 0.29) is 24.3 Å². The van der Waals surface area contributed by atoms with Crippen LogP contribution in [0.4, 0.5) is 5.69 Å². The average molecular weight is 456 g/mol. The summed E-state index contributed by atoms with van der Waals surface area (Å²) in [5.41, 5.74) is 4.49. The number of hydrogen-bond acceptors (Lipinski definition) is 5. The van der Waals surface area contributed by atoms with E-state index in [0.29, 0.717) is 12.6 Å². The van der Waals surface area contributed by atoms with Crippen molar-refractivity contribution in [3.8, 4) is 0 Å². The monoisotopic (exact) mass is 455 g/mol. The van der Waals surface area contributed by atoms with E-state index in [4.69, 9.17) is 9.72 Å². The summed E-state index contributed by atoms with van der Waals surface area (Å²) >= 11 is 0. The molecule has 0 radical (unpaired) electrons. The number of fused-ring (bicyclic) bond motifs is 1. The minimum Gasteiger partial charge on any atom is -0.466 e. The molecule has 0 N–H and O–H groups in total. The molecule has 1 fully saturated rings. The van der Waals surface area contributed by atoms with E-state index in [0.717, 1.165) is 43.6 Å². The molecular formula is C28H29N3O3. The maximum Gasteiger partial charge on any atom is 0.306 e. The summed E-state index contributed by atoms with van der Waals surface area (Å²) in [7, 11) is 0. The van der Waals surface area contributed by atoms with Gasteiger partial charge < -0.3 is 9.64 Å². The molecule has 6 nitrogen and oxygen atoms in total. The number of para-hydroxylation sites is 1. The van der Waals surface area contributed by atoms with E-state index in [1.165, 1.54) is 22.0 Å². The highest BCUT2D eigenvalue weighted by atomic mass is 16.5. The normalized spacial score (nSPS) is 22.4. The van der Waals surface area contributed by atoms with Gasteiger partial charge in [0.15, 0.2) is 0 Å². The van der Waals surface area contributed by atoms with Crippen molar-refractivity contribution in [3.05, 3.63) is 71.5 Å². The SMILES string of the molecule is CCOC(=O)CC1C(=O)N(C2CCN(C3Cc4cccc5ccnc3c45)CC2)c2ccccc21. The molecule has 6 rings (SSSR count). The Hall–Kier alpha value is -3.25. The van der Waals surface area contributed by atoms with Crippen molar-refractivity contribution in [2.45, 2.75) is 50.6 Å². The number of aromatic nitrogens is 1. The summed E-state index contributed by atoms with van der Waals surface area (Å²) in [5.74, 6) is -0.721. The van der Waals surface area contributed by atoms with Crippen LogP contribution < -0.4 is 4.90 Å². The highest BCUT2D eigenvalue weighted by molar-refractivity contribution is 6.07. The number of nitrogens with zero attached hydrogens (tertiary/aromatic N) is 3. The van der Waals surface area contributed by atoms with Gasteiger partial charge in [-0.3, -0.25) is 19.5 Å². The van der Waals surface area contributed by atoms with E-state index < -0.39 is 5.92 Å². The number of rotatable bonds is 5. The van der Waals surface area contributed by atoms with Gasteiger partial charge in [0.1, 0.15) is 0 Å². The van der Waals surface area contributed by atoms with Crippen molar-refractivity contribution >= 4 is 28.3 Å². The van der Waals surface area contributed by atoms with E-state index >= 15 is 0 Å². The molecule has 174 valence electrons. The van der Waals surface area contributed by atoms with Crippen LogP contribution in [0.15, 0.2) is 54.7 Å². The van der Waals surface area contributed by atoms with Gasteiger partial charge in [-0.25, -0.2) is 0 Å². The molecule has 0 bridgehead atoms. The van der Waals surface area contributed by atoms with Gasteiger partial charge in [-0.05, 0) is 54.8 Å². The third-order valence-corrected chi connectivity index (χ3v) is 7.72. The minimum absolute atomic E-state index is 0.0346. The lowest BCUT2D eigenvalue weighted by Crippen LogP contribution is -2.47. The van der Waals surface area contributed by atoms with Crippen molar-refractivity contribution in [1.29, 1.82) is 0 Å². The standard InChI is InChI=1S/C28H29N3O3/c1-2-34-25(32)17-22-21-8-3-4-9-23(21)31(28(22)33)20-11-14-30(15-12-20)24-16-19-7-5-6-18-10-13-29-27(24)26(18)19/h3-10,13,20,22,24H,2,11-12,14-17H2,1H3. The van der Waals surface area contributed by atoms with Gasteiger partial charge in [-0.15, -0.1) is 0 Å². The lowest BCUT2D eigenvalue weighted by atomic mass is 9.97. The van der Waals surface area contributed by atoms with Crippen LogP contribution in [0.25, 0.3) is 10.8 Å². The van der Waals surface area contributed by atoms with Crippen LogP contribution >= 0.6 is 0 Å². The Labute approximate surface area is 199 Å². The molecule has 0 saturated carbocycles. The summed E-state index contributed by atoms with van der Waals surface area (Å²) in [6, 6.07) is 17.0. The fraction of sp³-hybridized carbons (Fsp3) is 0.393. The first-order valence-electron chi connectivity index (χ1n) is 12.3. The molecule has 2 aromatic carbocycles. The zero-order valence-electron chi connectivity index (χ0n) is 19.4. The average Bonchev–Trinajstić information content (AvgIpc) is 3.37. The Balaban J connectivity index is 1.19. The molecule has 6 heteroatoms. The number of carbonyl (C=O) groups excluding carboxylic acids is 2. The van der Waals surface area contributed by atoms with Crippen molar-refractivity contribution < 1.29 is 14.3 Å². The van der Waals surface area contributed by atoms with E-state index in [1.54, 1.807) is 6.92 Å². The first-order chi connectivity index (χ1) is 16.7. The summed E-state index contributed by atoms with van der Waals surface area (Å²) in [6.45, 7) is 3.98. The molecule has 2 aliphatic heterocycles. The third kappa shape index (κ3) is 3.40. The smallest absolute Gasteiger partial charge is 0.306 e. The number of anilines is 1. The molecule has 3 aliphatic rings. The highest BCUT2D eigenvalue weighted by Crippen LogP contribution is 2.44. The first-order valence-corrected chi connectivity index (χ1v) is 12.3. The molecule has 1 saturated heterocycles. The second-order valence-electron chi connectivity index (χ2n) is 9.53. The predicted molar refractivity (Wildman–Crippen MR) is 131 cm³/mol. The topological polar surface area (TPSA) is 62.7 Å². The number of benzene rings is 2. The molecule has 1 aliphatic carbocycles. The molecule has 3 aromatic rings. The maximum atomic E-state index is 13.5. The minimum atomic E-state index is -0.445. The molecule has 0 spiro atoms. The number of esters is 1. The number of carbonyl (C=O) groups is 2. The summed E-state index contributed by atoms with van der Waals surface area (Å²) in [4.78, 5) is 35.0. The largest absolute Gasteiger partial charge is 0.466 e. The third-order valence-electron chi connectivity index (χ3n) is 7.72. The van der Waals surface area contributed by atoms with Crippen molar-refractivity contribution in [1.82, 2.24) is 9.88 Å². The molecule has 1 aromatic heterocycles. The fourth-order valence-electron chi connectivity index (χ4n) is 6.20. The van der Waals surface area contributed by atoms with Crippen LogP contribution in [-0.4, -0.2) is 47.5 Å². The van der Waals surface area contributed by atoms with Gasteiger partial charge in [-0.1, -0.05) is 36.4 Å². The molecule has 2 unspecified atom stereocenters. The Morgan fingerprint density at radius 1 is 1.09 bits per heavy atom. The number of likely N-dealkylation sites (tertiary alicyclic amines) is 1. The zero-order valence-corrected chi connectivity index (χ0v) is 19.4. The van der Waals surface area contributed by atoms with E-state index in [9.17, 15) is 9.59 Å². The van der Waals surface area contributed by atoms with Crippen LogP contribution in [0.5, 0.6) is 0 Å². The van der Waals surface area contributed by atoms with Crippen LogP contribution in [0.1, 0.15) is 55.0 Å². The number of piperidine rings is 1. The predicted octanol–water partition coefficient (Wildman–Crippen LogP) is 4.38. The Bertz CT molecular complexity index is 1260.